The Hall–Kier alpha value is -2.38. The van der Waals surface area contributed by atoms with Crippen molar-refractivity contribution in [2.24, 2.45) is 5.92 Å². The summed E-state index contributed by atoms with van der Waals surface area (Å²) in [5.41, 5.74) is 2.66. The van der Waals surface area contributed by atoms with E-state index in [1.54, 1.807) is 18.2 Å². The number of thioether (sulfide) groups is 1. The summed E-state index contributed by atoms with van der Waals surface area (Å²) in [6.45, 7) is 3.56. The van der Waals surface area contributed by atoms with Gasteiger partial charge in [0.2, 0.25) is 11.8 Å². The Morgan fingerprint density at radius 3 is 2.71 bits per heavy atom. The van der Waals surface area contributed by atoms with Crippen molar-refractivity contribution in [1.29, 1.82) is 0 Å². The molecule has 3 rings (SSSR count). The van der Waals surface area contributed by atoms with Crippen molar-refractivity contribution in [3.63, 3.8) is 0 Å². The monoisotopic (exact) mass is 400 g/mol. The molecule has 1 aromatic carbocycles. The number of carbonyl (C=O) groups is 3. The van der Waals surface area contributed by atoms with Crippen molar-refractivity contribution in [2.45, 2.75) is 38.0 Å². The SMILES string of the molecule is Cc1ccc(NC(=O)CN2C(=O)SC(CC3=CCC=CC(O)C3C)C2=O)cc1. The molecule has 0 aromatic heterocycles. The molecule has 3 unspecified atom stereocenters. The minimum absolute atomic E-state index is 0.110. The van der Waals surface area contributed by atoms with Crippen molar-refractivity contribution in [2.75, 3.05) is 11.9 Å². The number of allylic oxidation sites excluding steroid dienone is 2. The van der Waals surface area contributed by atoms with Crippen molar-refractivity contribution in [3.8, 4) is 0 Å². The number of imide groups is 1. The molecule has 2 aliphatic rings. The molecule has 6 nitrogen and oxygen atoms in total. The number of benzene rings is 1. The summed E-state index contributed by atoms with van der Waals surface area (Å²) in [5.74, 6) is -0.872. The maximum absolute atomic E-state index is 12.7. The topological polar surface area (TPSA) is 86.7 Å². The largest absolute Gasteiger partial charge is 0.388 e. The molecule has 7 heteroatoms. The predicted octanol–water partition coefficient (Wildman–Crippen LogP) is 3.27. The van der Waals surface area contributed by atoms with Crippen molar-refractivity contribution in [1.82, 2.24) is 4.90 Å². The lowest BCUT2D eigenvalue weighted by Gasteiger charge is -2.20. The number of nitrogens with zero attached hydrogens (tertiary/aromatic N) is 1. The smallest absolute Gasteiger partial charge is 0.289 e. The fourth-order valence-corrected chi connectivity index (χ4v) is 4.27. The second-order valence-electron chi connectivity index (χ2n) is 7.14. The van der Waals surface area contributed by atoms with Gasteiger partial charge in [0, 0.05) is 11.6 Å². The molecular weight excluding hydrogens is 376 g/mol. The summed E-state index contributed by atoms with van der Waals surface area (Å²) >= 11 is 0.950. The van der Waals surface area contributed by atoms with Crippen LogP contribution in [-0.2, 0) is 9.59 Å². The van der Waals surface area contributed by atoms with Gasteiger partial charge in [-0.2, -0.15) is 0 Å². The van der Waals surface area contributed by atoms with Crippen LogP contribution in [0.15, 0.2) is 48.1 Å². The first kappa shape index (κ1) is 20.4. The summed E-state index contributed by atoms with van der Waals surface area (Å²) < 4.78 is 0. The van der Waals surface area contributed by atoms with Crippen LogP contribution in [0.25, 0.3) is 0 Å². The van der Waals surface area contributed by atoms with Crippen molar-refractivity contribution in [3.05, 3.63) is 53.6 Å². The Kier molecular flexibility index (Phi) is 6.36. The van der Waals surface area contributed by atoms with E-state index in [2.05, 4.69) is 5.32 Å². The van der Waals surface area contributed by atoms with E-state index in [4.69, 9.17) is 0 Å². The van der Waals surface area contributed by atoms with Gasteiger partial charge in [-0.3, -0.25) is 19.3 Å². The Bertz CT molecular complexity index is 831. The molecule has 1 saturated heterocycles. The first-order valence-corrected chi connectivity index (χ1v) is 10.2. The molecule has 0 radical (unpaired) electrons. The molecule has 3 amide bonds. The van der Waals surface area contributed by atoms with E-state index in [0.717, 1.165) is 27.8 Å². The van der Waals surface area contributed by atoms with Gasteiger partial charge in [0.25, 0.3) is 5.24 Å². The van der Waals surface area contributed by atoms with Gasteiger partial charge in [-0.05, 0) is 31.9 Å². The average molecular weight is 401 g/mol. The first-order valence-electron chi connectivity index (χ1n) is 9.27. The number of rotatable bonds is 5. The summed E-state index contributed by atoms with van der Waals surface area (Å²) in [6.07, 6.45) is 6.14. The zero-order valence-corrected chi connectivity index (χ0v) is 16.7. The number of amides is 3. The number of anilines is 1. The third kappa shape index (κ3) is 4.72. The summed E-state index contributed by atoms with van der Waals surface area (Å²) in [5, 5.41) is 11.8. The quantitative estimate of drug-likeness (QED) is 0.741. The van der Waals surface area contributed by atoms with Crippen LogP contribution >= 0.6 is 11.8 Å². The van der Waals surface area contributed by atoms with Crippen LogP contribution in [0.4, 0.5) is 10.5 Å². The number of hydrogen-bond acceptors (Lipinski definition) is 5. The number of aliphatic hydroxyl groups is 1. The average Bonchev–Trinajstić information content (AvgIpc) is 2.81. The second-order valence-corrected chi connectivity index (χ2v) is 8.29. The molecule has 0 spiro atoms. The van der Waals surface area contributed by atoms with E-state index >= 15 is 0 Å². The van der Waals surface area contributed by atoms with Gasteiger partial charge >= 0.3 is 0 Å². The lowest BCUT2D eigenvalue weighted by molar-refractivity contribution is -0.130. The summed E-state index contributed by atoms with van der Waals surface area (Å²) in [4.78, 5) is 38.3. The van der Waals surface area contributed by atoms with Crippen LogP contribution in [0.5, 0.6) is 0 Å². The lowest BCUT2D eigenvalue weighted by atomic mass is 9.92. The number of carbonyl (C=O) groups excluding carboxylic acids is 3. The molecule has 2 N–H and O–H groups in total. The number of aryl methyl sites for hydroxylation is 1. The first-order chi connectivity index (χ1) is 13.3. The fourth-order valence-electron chi connectivity index (χ4n) is 3.24. The Morgan fingerprint density at radius 1 is 1.29 bits per heavy atom. The highest BCUT2D eigenvalue weighted by Crippen LogP contribution is 2.34. The van der Waals surface area contributed by atoms with E-state index in [9.17, 15) is 19.5 Å². The molecule has 28 heavy (non-hydrogen) atoms. The summed E-state index contributed by atoms with van der Waals surface area (Å²) in [7, 11) is 0. The maximum Gasteiger partial charge on any atom is 0.289 e. The van der Waals surface area contributed by atoms with E-state index in [0.29, 0.717) is 18.5 Å². The highest BCUT2D eigenvalue weighted by Gasteiger charge is 2.41. The van der Waals surface area contributed by atoms with E-state index in [-0.39, 0.29) is 18.4 Å². The van der Waals surface area contributed by atoms with Crippen LogP contribution in [0.3, 0.4) is 0 Å². The number of aliphatic hydroxyl groups excluding tert-OH is 1. The Labute approximate surface area is 168 Å². The zero-order valence-electron chi connectivity index (χ0n) is 15.9. The van der Waals surface area contributed by atoms with Gasteiger partial charge in [-0.1, -0.05) is 60.2 Å². The van der Waals surface area contributed by atoms with Gasteiger partial charge in [-0.15, -0.1) is 0 Å². The highest BCUT2D eigenvalue weighted by atomic mass is 32.2. The molecule has 1 heterocycles. The molecule has 0 saturated carbocycles. The van der Waals surface area contributed by atoms with Gasteiger partial charge in [0.05, 0.1) is 11.4 Å². The predicted molar refractivity (Wildman–Crippen MR) is 110 cm³/mol. The van der Waals surface area contributed by atoms with Crippen LogP contribution in [-0.4, -0.2) is 45.0 Å². The zero-order chi connectivity index (χ0) is 20.3. The van der Waals surface area contributed by atoms with Gasteiger partial charge in [0.15, 0.2) is 0 Å². The molecular formula is C21H24N2O4S. The lowest BCUT2D eigenvalue weighted by Crippen LogP contribution is -2.38. The normalized spacial score (nSPS) is 24.9. The van der Waals surface area contributed by atoms with Crippen LogP contribution in [0, 0.1) is 12.8 Å². The molecule has 1 aromatic rings. The van der Waals surface area contributed by atoms with Crippen molar-refractivity contribution < 1.29 is 19.5 Å². The third-order valence-electron chi connectivity index (χ3n) is 5.01. The molecule has 0 bridgehead atoms. The Morgan fingerprint density at radius 2 is 2.00 bits per heavy atom. The van der Waals surface area contributed by atoms with Crippen LogP contribution in [0.1, 0.15) is 25.3 Å². The molecule has 1 aliphatic heterocycles. The molecule has 1 fully saturated rings. The number of nitrogens with one attached hydrogen (secondary N) is 1. The molecule has 1 aliphatic carbocycles. The maximum atomic E-state index is 12.7. The van der Waals surface area contributed by atoms with Gasteiger partial charge < -0.3 is 10.4 Å². The fraction of sp³-hybridized carbons (Fsp3) is 0.381. The van der Waals surface area contributed by atoms with E-state index in [1.165, 1.54) is 0 Å². The standard InChI is InChI=1S/C21H24N2O4S/c1-13-7-9-16(10-8-13)22-19(25)12-23-20(26)18(28-21(23)27)11-15-5-3-4-6-17(24)14(15)2/h4-10,14,17-18,24H,3,11-12H2,1-2H3,(H,22,25). The van der Waals surface area contributed by atoms with E-state index in [1.807, 2.05) is 38.1 Å². The Balaban J connectivity index is 1.61. The second kappa shape index (κ2) is 8.75. The summed E-state index contributed by atoms with van der Waals surface area (Å²) in [6, 6.07) is 7.30. The van der Waals surface area contributed by atoms with Crippen LogP contribution in [0.2, 0.25) is 0 Å². The minimum Gasteiger partial charge on any atom is -0.388 e. The van der Waals surface area contributed by atoms with Crippen LogP contribution < -0.4 is 5.32 Å². The van der Waals surface area contributed by atoms with Gasteiger partial charge in [0.1, 0.15) is 6.54 Å². The molecule has 3 atom stereocenters. The van der Waals surface area contributed by atoms with Gasteiger partial charge in [-0.25, -0.2) is 0 Å². The number of hydrogen-bond donors (Lipinski definition) is 2. The van der Waals surface area contributed by atoms with Crippen molar-refractivity contribution >= 4 is 34.5 Å². The molecule has 148 valence electrons. The minimum atomic E-state index is -0.595. The highest BCUT2D eigenvalue weighted by molar-refractivity contribution is 8.15. The third-order valence-corrected chi connectivity index (χ3v) is 6.08. The van der Waals surface area contributed by atoms with E-state index < -0.39 is 22.5 Å².